The van der Waals surface area contributed by atoms with Gasteiger partial charge >= 0.3 is 5.97 Å². The molecule has 190 valence electrons. The maximum atomic E-state index is 13.1. The number of ether oxygens (including phenoxy) is 4. The summed E-state index contributed by atoms with van der Waals surface area (Å²) in [5.41, 5.74) is 2.76. The molecule has 3 aromatic rings. The standard InChI is InChI=1S/C26H22N2O9/c1-34-21-7-12(6-18(29)25(21)30)22-15-8-19-20(37-11-36-19)9-16(15)24(17-10-35-26(31)23(17)22)27-13-2-4-14(5-3-13)28(32)33/h2-9,17,22-24,27,29-30H,10-11H2,1H3/t17-,22+,23-,24-/m0/s1. The Morgan fingerprint density at radius 3 is 2.41 bits per heavy atom. The van der Waals surface area contributed by atoms with E-state index >= 15 is 0 Å². The van der Waals surface area contributed by atoms with Crippen LogP contribution in [0.2, 0.25) is 0 Å². The zero-order valence-corrected chi connectivity index (χ0v) is 19.5. The van der Waals surface area contributed by atoms with Gasteiger partial charge in [-0.3, -0.25) is 14.9 Å². The highest BCUT2D eigenvalue weighted by molar-refractivity contribution is 5.79. The van der Waals surface area contributed by atoms with Crippen LogP contribution in [0.5, 0.6) is 28.7 Å². The second-order valence-corrected chi connectivity index (χ2v) is 9.15. The van der Waals surface area contributed by atoms with E-state index in [1.807, 2.05) is 12.1 Å². The second-order valence-electron chi connectivity index (χ2n) is 9.15. The normalized spacial score (nSPS) is 23.1. The minimum absolute atomic E-state index is 0.0311. The van der Waals surface area contributed by atoms with Gasteiger partial charge in [0, 0.05) is 29.7 Å². The van der Waals surface area contributed by atoms with Crippen molar-refractivity contribution in [3.05, 3.63) is 75.3 Å². The molecule has 0 amide bonds. The first-order valence-corrected chi connectivity index (χ1v) is 11.6. The van der Waals surface area contributed by atoms with Crippen LogP contribution in [0.4, 0.5) is 11.4 Å². The number of anilines is 1. The fraction of sp³-hybridized carbons (Fsp3) is 0.269. The molecule has 1 fully saturated rings. The van der Waals surface area contributed by atoms with Gasteiger partial charge in [-0.05, 0) is 53.1 Å². The number of fused-ring (bicyclic) bond motifs is 3. The number of methoxy groups -OCH3 is 1. The number of nitrogens with one attached hydrogen (secondary N) is 1. The Labute approximate surface area is 210 Å². The van der Waals surface area contributed by atoms with Crippen molar-refractivity contribution in [3.8, 4) is 28.7 Å². The van der Waals surface area contributed by atoms with Gasteiger partial charge in [-0.1, -0.05) is 0 Å². The first-order valence-electron chi connectivity index (χ1n) is 11.6. The van der Waals surface area contributed by atoms with Gasteiger partial charge in [0.05, 0.1) is 30.6 Å². The van der Waals surface area contributed by atoms with Crippen molar-refractivity contribution in [2.75, 3.05) is 25.8 Å². The van der Waals surface area contributed by atoms with Gasteiger partial charge in [0.1, 0.15) is 0 Å². The van der Waals surface area contributed by atoms with Crippen molar-refractivity contribution in [1.29, 1.82) is 0 Å². The van der Waals surface area contributed by atoms with E-state index in [2.05, 4.69) is 5.32 Å². The molecule has 0 aromatic heterocycles. The molecule has 3 aromatic carbocycles. The number of carbonyl (C=O) groups is 1. The van der Waals surface area contributed by atoms with E-state index < -0.39 is 28.6 Å². The van der Waals surface area contributed by atoms with Crippen LogP contribution in [0.1, 0.15) is 28.7 Å². The lowest BCUT2D eigenvalue weighted by atomic mass is 9.65. The number of rotatable bonds is 5. The summed E-state index contributed by atoms with van der Waals surface area (Å²) in [5, 5.41) is 35.1. The van der Waals surface area contributed by atoms with E-state index in [9.17, 15) is 25.1 Å². The van der Waals surface area contributed by atoms with E-state index in [0.717, 1.165) is 11.1 Å². The Balaban J connectivity index is 1.51. The molecule has 3 aliphatic rings. The van der Waals surface area contributed by atoms with Crippen molar-refractivity contribution >= 4 is 17.3 Å². The molecule has 0 bridgehead atoms. The van der Waals surface area contributed by atoms with Gasteiger partial charge in [0.25, 0.3) is 5.69 Å². The number of nitro groups is 1. The third-order valence-corrected chi connectivity index (χ3v) is 7.24. The fourth-order valence-electron chi connectivity index (χ4n) is 5.56. The third kappa shape index (κ3) is 3.62. The highest BCUT2D eigenvalue weighted by atomic mass is 16.7. The number of cyclic esters (lactones) is 1. The molecule has 2 heterocycles. The molecule has 0 spiro atoms. The highest BCUT2D eigenvalue weighted by Gasteiger charge is 2.52. The molecule has 11 heteroatoms. The van der Waals surface area contributed by atoms with Crippen LogP contribution < -0.4 is 19.5 Å². The molecule has 0 unspecified atom stereocenters. The Bertz CT molecular complexity index is 1420. The number of non-ortho nitro benzene ring substituents is 1. The number of benzene rings is 3. The number of phenols is 2. The number of carbonyl (C=O) groups excluding carboxylic acids is 1. The Morgan fingerprint density at radius 1 is 1.03 bits per heavy atom. The maximum absolute atomic E-state index is 13.1. The Morgan fingerprint density at radius 2 is 1.73 bits per heavy atom. The minimum atomic E-state index is -0.628. The predicted molar refractivity (Wildman–Crippen MR) is 128 cm³/mol. The number of nitrogens with zero attached hydrogens (tertiary/aromatic N) is 1. The summed E-state index contributed by atoms with van der Waals surface area (Å²) >= 11 is 0. The van der Waals surface area contributed by atoms with Crippen molar-refractivity contribution in [2.24, 2.45) is 11.8 Å². The minimum Gasteiger partial charge on any atom is -0.504 e. The molecular formula is C26H22N2O9. The molecule has 0 radical (unpaired) electrons. The Hall–Kier alpha value is -4.67. The monoisotopic (exact) mass is 506 g/mol. The third-order valence-electron chi connectivity index (χ3n) is 7.24. The fourth-order valence-corrected chi connectivity index (χ4v) is 5.56. The molecule has 2 aliphatic heterocycles. The van der Waals surface area contributed by atoms with Gasteiger partial charge < -0.3 is 34.5 Å². The van der Waals surface area contributed by atoms with Crippen LogP contribution in [0.3, 0.4) is 0 Å². The second kappa shape index (κ2) is 8.47. The first-order chi connectivity index (χ1) is 17.9. The summed E-state index contributed by atoms with van der Waals surface area (Å²) in [6.07, 6.45) is 0. The van der Waals surface area contributed by atoms with Gasteiger partial charge in [-0.25, -0.2) is 0 Å². The van der Waals surface area contributed by atoms with Crippen LogP contribution in [0, 0.1) is 22.0 Å². The average molecular weight is 506 g/mol. The van der Waals surface area contributed by atoms with Gasteiger partial charge in [-0.15, -0.1) is 0 Å². The molecule has 37 heavy (non-hydrogen) atoms. The largest absolute Gasteiger partial charge is 0.504 e. The number of aromatic hydroxyl groups is 2. The molecule has 1 saturated heterocycles. The van der Waals surface area contributed by atoms with Gasteiger partial charge in [-0.2, -0.15) is 0 Å². The number of esters is 1. The highest BCUT2D eigenvalue weighted by Crippen LogP contribution is 2.56. The summed E-state index contributed by atoms with van der Waals surface area (Å²) < 4.78 is 22.1. The van der Waals surface area contributed by atoms with Crippen molar-refractivity contribution in [1.82, 2.24) is 0 Å². The zero-order chi connectivity index (χ0) is 25.8. The van der Waals surface area contributed by atoms with Crippen molar-refractivity contribution in [3.63, 3.8) is 0 Å². The van der Waals surface area contributed by atoms with E-state index in [4.69, 9.17) is 18.9 Å². The van der Waals surface area contributed by atoms with Crippen LogP contribution >= 0.6 is 0 Å². The average Bonchev–Trinajstić information content (AvgIpc) is 3.51. The summed E-state index contributed by atoms with van der Waals surface area (Å²) in [6.45, 7) is 0.214. The lowest BCUT2D eigenvalue weighted by molar-refractivity contribution is -0.384. The van der Waals surface area contributed by atoms with E-state index in [-0.39, 0.29) is 42.5 Å². The molecule has 0 saturated carbocycles. The summed E-state index contributed by atoms with van der Waals surface area (Å²) in [4.78, 5) is 23.8. The molecule has 3 N–H and O–H groups in total. The molecule has 6 rings (SSSR count). The Kier molecular flexibility index (Phi) is 5.21. The molecule has 1 aliphatic carbocycles. The van der Waals surface area contributed by atoms with Gasteiger partial charge in [0.15, 0.2) is 23.0 Å². The summed E-state index contributed by atoms with van der Waals surface area (Å²) in [6, 6.07) is 12.4. The maximum Gasteiger partial charge on any atom is 0.310 e. The van der Waals surface area contributed by atoms with E-state index in [1.165, 1.54) is 25.3 Å². The SMILES string of the molecule is COc1cc([C@@H]2c3cc4c(cc3[C@H](Nc3ccc([N+](=O)[O-])cc3)[C@H]3COC(=O)[C@H]23)OCO4)cc(O)c1O. The molecule has 4 atom stereocenters. The van der Waals surface area contributed by atoms with Crippen LogP contribution in [0.15, 0.2) is 48.5 Å². The number of hydrogen-bond donors (Lipinski definition) is 3. The quantitative estimate of drug-likeness (QED) is 0.202. The van der Waals surface area contributed by atoms with Crippen LogP contribution in [-0.4, -0.2) is 41.6 Å². The van der Waals surface area contributed by atoms with Gasteiger partial charge in [0.2, 0.25) is 12.5 Å². The zero-order valence-electron chi connectivity index (χ0n) is 19.5. The lowest BCUT2D eigenvalue weighted by Crippen LogP contribution is -2.37. The van der Waals surface area contributed by atoms with E-state index in [0.29, 0.717) is 22.7 Å². The number of phenolic OH excluding ortho intramolecular Hbond substituents is 2. The number of hydrogen-bond acceptors (Lipinski definition) is 10. The molecule has 11 nitrogen and oxygen atoms in total. The topological polar surface area (TPSA) is 150 Å². The summed E-state index contributed by atoms with van der Waals surface area (Å²) in [7, 11) is 1.38. The van der Waals surface area contributed by atoms with Crippen molar-refractivity contribution < 1.29 is 38.9 Å². The van der Waals surface area contributed by atoms with Crippen LogP contribution in [0.25, 0.3) is 0 Å². The van der Waals surface area contributed by atoms with E-state index in [1.54, 1.807) is 18.2 Å². The number of nitro benzene ring substituents is 1. The smallest absolute Gasteiger partial charge is 0.310 e. The molecular weight excluding hydrogens is 484 g/mol. The first kappa shape index (κ1) is 22.8. The van der Waals surface area contributed by atoms with Crippen LogP contribution in [-0.2, 0) is 9.53 Å². The lowest BCUT2D eigenvalue weighted by Gasteiger charge is -2.40. The van der Waals surface area contributed by atoms with Crippen molar-refractivity contribution in [2.45, 2.75) is 12.0 Å². The summed E-state index contributed by atoms with van der Waals surface area (Å²) in [5.74, 6) is -1.48. The predicted octanol–water partition coefficient (Wildman–Crippen LogP) is 3.83.